The summed E-state index contributed by atoms with van der Waals surface area (Å²) in [7, 11) is 0. The first-order valence-corrected chi connectivity index (χ1v) is 9.11. The van der Waals surface area contributed by atoms with Crippen molar-refractivity contribution in [3.05, 3.63) is 77.0 Å². The van der Waals surface area contributed by atoms with Gasteiger partial charge in [-0.1, -0.05) is 48.5 Å². The van der Waals surface area contributed by atoms with Gasteiger partial charge >= 0.3 is 5.97 Å². The molecular formula is C22H20N2O3. The largest absolute Gasteiger partial charge is 0.444 e. The highest BCUT2D eigenvalue weighted by Crippen LogP contribution is 2.31. The second-order valence-corrected chi connectivity index (χ2v) is 6.73. The minimum Gasteiger partial charge on any atom is -0.444 e. The van der Waals surface area contributed by atoms with Crippen molar-refractivity contribution in [2.24, 2.45) is 5.73 Å². The molecule has 2 aromatic carbocycles. The third-order valence-corrected chi connectivity index (χ3v) is 4.96. The summed E-state index contributed by atoms with van der Waals surface area (Å²) in [6, 6.07) is 16.4. The van der Waals surface area contributed by atoms with Crippen LogP contribution in [0.2, 0.25) is 0 Å². The van der Waals surface area contributed by atoms with Gasteiger partial charge in [-0.2, -0.15) is 0 Å². The molecule has 5 heteroatoms. The zero-order chi connectivity index (χ0) is 18.8. The molecule has 1 atom stereocenters. The van der Waals surface area contributed by atoms with Crippen LogP contribution in [0.4, 0.5) is 0 Å². The van der Waals surface area contributed by atoms with Crippen molar-refractivity contribution in [3.63, 3.8) is 0 Å². The topological polar surface area (TPSA) is 82.3 Å². The molecule has 1 heterocycles. The van der Waals surface area contributed by atoms with Gasteiger partial charge in [0.2, 0.25) is 6.10 Å². The van der Waals surface area contributed by atoms with Gasteiger partial charge in [-0.3, -0.25) is 9.78 Å². The molecule has 3 aromatic rings. The number of ether oxygens (including phenoxy) is 1. The molecule has 1 aromatic heterocycles. The smallest absolute Gasteiger partial charge is 0.340 e. The number of primary amides is 1. The van der Waals surface area contributed by atoms with Gasteiger partial charge in [-0.15, -0.1) is 0 Å². The van der Waals surface area contributed by atoms with Crippen molar-refractivity contribution in [1.82, 2.24) is 4.98 Å². The fourth-order valence-corrected chi connectivity index (χ4v) is 3.69. The zero-order valence-electron chi connectivity index (χ0n) is 14.9. The molecule has 1 aliphatic carbocycles. The summed E-state index contributed by atoms with van der Waals surface area (Å²) in [6.07, 6.45) is 2.57. The maximum absolute atomic E-state index is 13.2. The Hall–Kier alpha value is -3.21. The Balaban J connectivity index is 1.79. The van der Waals surface area contributed by atoms with E-state index < -0.39 is 18.0 Å². The number of hydrogen-bond donors (Lipinski definition) is 1. The van der Waals surface area contributed by atoms with Gasteiger partial charge in [0.1, 0.15) is 0 Å². The first-order valence-electron chi connectivity index (χ1n) is 9.11. The second kappa shape index (κ2) is 7.19. The highest BCUT2D eigenvalue weighted by molar-refractivity contribution is 6.05. The number of amides is 1. The van der Waals surface area contributed by atoms with Crippen LogP contribution in [0.15, 0.2) is 54.6 Å². The number of nitrogens with zero attached hydrogens (tertiary/aromatic N) is 1. The Morgan fingerprint density at radius 3 is 2.44 bits per heavy atom. The number of hydrogen-bond acceptors (Lipinski definition) is 4. The molecule has 1 aliphatic rings. The van der Waals surface area contributed by atoms with Crippen LogP contribution in [-0.4, -0.2) is 16.9 Å². The van der Waals surface area contributed by atoms with Crippen molar-refractivity contribution in [1.29, 1.82) is 0 Å². The average molecular weight is 360 g/mol. The van der Waals surface area contributed by atoms with Crippen LogP contribution >= 0.6 is 0 Å². The van der Waals surface area contributed by atoms with E-state index >= 15 is 0 Å². The van der Waals surface area contributed by atoms with Crippen LogP contribution in [0.3, 0.4) is 0 Å². The fourth-order valence-electron chi connectivity index (χ4n) is 3.69. The molecular weight excluding hydrogens is 340 g/mol. The average Bonchev–Trinajstić information content (AvgIpc) is 2.70. The van der Waals surface area contributed by atoms with Gasteiger partial charge in [-0.25, -0.2) is 4.79 Å². The number of para-hydroxylation sites is 1. The van der Waals surface area contributed by atoms with E-state index in [0.29, 0.717) is 11.1 Å². The van der Waals surface area contributed by atoms with E-state index in [1.807, 2.05) is 30.3 Å². The van der Waals surface area contributed by atoms with Gasteiger partial charge in [0.25, 0.3) is 5.91 Å². The summed E-state index contributed by atoms with van der Waals surface area (Å²) < 4.78 is 5.62. The van der Waals surface area contributed by atoms with Crippen molar-refractivity contribution in [3.8, 4) is 0 Å². The Bertz CT molecular complexity index is 1010. The van der Waals surface area contributed by atoms with E-state index in [1.165, 1.54) is 0 Å². The quantitative estimate of drug-likeness (QED) is 0.722. The normalized spacial score (nSPS) is 14.4. The number of benzene rings is 2. The molecule has 4 rings (SSSR count). The molecule has 5 nitrogen and oxygen atoms in total. The number of carbonyl (C=O) groups excluding carboxylic acids is 2. The Labute approximate surface area is 157 Å². The second-order valence-electron chi connectivity index (χ2n) is 6.73. The molecule has 136 valence electrons. The van der Waals surface area contributed by atoms with Crippen LogP contribution < -0.4 is 5.73 Å². The summed E-state index contributed by atoms with van der Waals surface area (Å²) in [5.74, 6) is -1.22. The van der Waals surface area contributed by atoms with Crippen LogP contribution in [-0.2, 0) is 22.4 Å². The Morgan fingerprint density at radius 2 is 1.67 bits per heavy atom. The van der Waals surface area contributed by atoms with Gasteiger partial charge < -0.3 is 10.5 Å². The third kappa shape index (κ3) is 3.28. The number of pyridine rings is 1. The van der Waals surface area contributed by atoms with E-state index in [1.54, 1.807) is 24.3 Å². The molecule has 0 aliphatic heterocycles. The molecule has 0 unspecified atom stereocenters. The molecule has 0 spiro atoms. The number of esters is 1. The predicted octanol–water partition coefficient (Wildman–Crippen LogP) is 3.50. The van der Waals surface area contributed by atoms with Crippen LogP contribution in [0, 0.1) is 0 Å². The molecule has 0 radical (unpaired) electrons. The molecule has 0 bridgehead atoms. The van der Waals surface area contributed by atoms with E-state index in [9.17, 15) is 9.59 Å². The van der Waals surface area contributed by atoms with Crippen LogP contribution in [0.1, 0.15) is 46.1 Å². The zero-order valence-corrected chi connectivity index (χ0v) is 14.9. The molecule has 27 heavy (non-hydrogen) atoms. The van der Waals surface area contributed by atoms with Gasteiger partial charge in [0.05, 0.1) is 11.1 Å². The maximum atomic E-state index is 13.2. The number of fused-ring (bicyclic) bond motifs is 2. The SMILES string of the molecule is NC(=O)[C@@H](OC(=O)c1c2c(nc3ccccc13)CCCC2)c1ccccc1. The predicted molar refractivity (Wildman–Crippen MR) is 102 cm³/mol. The number of carbonyl (C=O) groups is 2. The summed E-state index contributed by atoms with van der Waals surface area (Å²) in [4.78, 5) is 29.8. The Kier molecular flexibility index (Phi) is 4.59. The van der Waals surface area contributed by atoms with Crippen molar-refractivity contribution in [2.45, 2.75) is 31.8 Å². The van der Waals surface area contributed by atoms with Crippen LogP contribution in [0.25, 0.3) is 10.9 Å². The first-order chi connectivity index (χ1) is 13.1. The van der Waals surface area contributed by atoms with Gasteiger partial charge in [0, 0.05) is 16.6 Å². The highest BCUT2D eigenvalue weighted by Gasteiger charge is 2.28. The minimum atomic E-state index is -1.12. The Morgan fingerprint density at radius 1 is 0.963 bits per heavy atom. The van der Waals surface area contributed by atoms with Gasteiger partial charge in [0.15, 0.2) is 0 Å². The van der Waals surface area contributed by atoms with Crippen LogP contribution in [0.5, 0.6) is 0 Å². The van der Waals surface area contributed by atoms with Gasteiger partial charge in [-0.05, 0) is 37.3 Å². The summed E-state index contributed by atoms with van der Waals surface area (Å²) in [5.41, 5.74) is 9.23. The van der Waals surface area contributed by atoms with Crippen molar-refractivity contribution >= 4 is 22.8 Å². The monoisotopic (exact) mass is 360 g/mol. The molecule has 2 N–H and O–H groups in total. The molecule has 0 fully saturated rings. The summed E-state index contributed by atoms with van der Waals surface area (Å²) in [6.45, 7) is 0. The number of nitrogens with two attached hydrogens (primary N) is 1. The van der Waals surface area contributed by atoms with E-state index in [-0.39, 0.29) is 0 Å². The lowest BCUT2D eigenvalue weighted by molar-refractivity contribution is -0.127. The summed E-state index contributed by atoms with van der Waals surface area (Å²) >= 11 is 0. The van der Waals surface area contributed by atoms with E-state index in [4.69, 9.17) is 15.5 Å². The number of aryl methyl sites for hydroxylation is 1. The lowest BCUT2D eigenvalue weighted by Crippen LogP contribution is -2.27. The third-order valence-electron chi connectivity index (χ3n) is 4.96. The number of rotatable bonds is 4. The molecule has 0 saturated carbocycles. The summed E-state index contributed by atoms with van der Waals surface area (Å²) in [5, 5.41) is 0.749. The number of aromatic nitrogens is 1. The molecule has 1 amide bonds. The minimum absolute atomic E-state index is 0.512. The van der Waals surface area contributed by atoms with E-state index in [2.05, 4.69) is 0 Å². The molecule has 0 saturated heterocycles. The lowest BCUT2D eigenvalue weighted by atomic mass is 9.90. The maximum Gasteiger partial charge on any atom is 0.340 e. The fraction of sp³-hybridized carbons (Fsp3) is 0.227. The highest BCUT2D eigenvalue weighted by atomic mass is 16.5. The standard InChI is InChI=1S/C22H20N2O3/c23-21(25)20(14-8-2-1-3-9-14)27-22(26)19-15-10-4-6-12-17(15)24-18-13-7-5-11-16(18)19/h1-4,6,8-10,12,20H,5,7,11,13H2,(H2,23,25)/t20-/m0/s1. The van der Waals surface area contributed by atoms with Crippen molar-refractivity contribution < 1.29 is 14.3 Å². The van der Waals surface area contributed by atoms with E-state index in [0.717, 1.165) is 47.8 Å². The van der Waals surface area contributed by atoms with Crippen molar-refractivity contribution in [2.75, 3.05) is 0 Å². The first kappa shape index (κ1) is 17.2. The lowest BCUT2D eigenvalue weighted by Gasteiger charge is -2.21.